The van der Waals surface area contributed by atoms with Crippen molar-refractivity contribution in [3.8, 4) is 0 Å². The molecule has 0 amide bonds. The molecule has 0 aromatic rings. The zero-order valence-electron chi connectivity index (χ0n) is 5.57. The highest BCUT2D eigenvalue weighted by atomic mass is 35.5. The van der Waals surface area contributed by atoms with Crippen molar-refractivity contribution in [2.45, 2.75) is 24.8 Å². The maximum Gasteiger partial charge on any atom is 0.148 e. The molecule has 0 aliphatic rings. The molecule has 0 rings (SSSR count). The average Bonchev–Trinajstić information content (AvgIpc) is 1.89. The van der Waals surface area contributed by atoms with Gasteiger partial charge in [0.15, 0.2) is 0 Å². The van der Waals surface area contributed by atoms with Gasteiger partial charge in [0, 0.05) is 5.88 Å². The first-order valence-electron chi connectivity index (χ1n) is 3.04. The number of rotatable bonds is 5. The Hall–Kier alpha value is 0.757. The van der Waals surface area contributed by atoms with Crippen molar-refractivity contribution in [2.24, 2.45) is 0 Å². The highest BCUT2D eigenvalue weighted by molar-refractivity contribution is 6.21. The van der Waals surface area contributed by atoms with Gasteiger partial charge in [-0.15, -0.1) is 11.6 Å². The molecule has 0 aliphatic carbocycles. The molecule has 4 heteroatoms. The van der Waals surface area contributed by atoms with E-state index in [0.29, 0.717) is 0 Å². The van der Waals surface area contributed by atoms with E-state index in [0.717, 1.165) is 35.6 Å². The van der Waals surface area contributed by atoms with E-state index in [1.54, 1.807) is 0 Å². The fourth-order valence-electron chi connectivity index (χ4n) is 0.517. The van der Waals surface area contributed by atoms with Gasteiger partial charge in [0.1, 0.15) is 16.0 Å². The monoisotopic (exact) mass is 186 g/mol. The van der Waals surface area contributed by atoms with Crippen LogP contribution in [0.4, 0.5) is 0 Å². The van der Waals surface area contributed by atoms with Gasteiger partial charge < -0.3 is 4.43 Å². The van der Waals surface area contributed by atoms with Crippen LogP contribution < -0.4 is 0 Å². The van der Waals surface area contributed by atoms with Crippen LogP contribution in [0.2, 0.25) is 0 Å². The van der Waals surface area contributed by atoms with Crippen molar-refractivity contribution in [3.05, 3.63) is 0 Å². The molecule has 0 saturated heterocycles. The van der Waals surface area contributed by atoms with Crippen LogP contribution in [0.25, 0.3) is 0 Å². The minimum Gasteiger partial charge on any atom is -0.412 e. The summed E-state index contributed by atoms with van der Waals surface area (Å²) in [5, 5.41) is 0. The highest BCUT2D eigenvalue weighted by Crippen LogP contribution is 2.07. The predicted molar refractivity (Wildman–Crippen MR) is 45.2 cm³/mol. The third kappa shape index (κ3) is 6.64. The van der Waals surface area contributed by atoms with E-state index in [4.69, 9.17) is 27.6 Å². The summed E-state index contributed by atoms with van der Waals surface area (Å²) in [5.74, 6) is 0.727. The van der Waals surface area contributed by atoms with Crippen molar-refractivity contribution >= 4 is 33.7 Å². The topological polar surface area (TPSA) is 9.23 Å². The summed E-state index contributed by atoms with van der Waals surface area (Å²) in [4.78, 5) is 0. The standard InChI is InChI=1S/C5H12Cl2OSi/c6-4-2-1-3-5(7)8-9/h5H,1-4H2,9H3. The van der Waals surface area contributed by atoms with Gasteiger partial charge in [-0.05, 0) is 19.3 Å². The summed E-state index contributed by atoms with van der Waals surface area (Å²) in [7, 11) is 0.726. The van der Waals surface area contributed by atoms with E-state index in [2.05, 4.69) is 0 Å². The lowest BCUT2D eigenvalue weighted by molar-refractivity contribution is 0.292. The normalized spacial score (nSPS) is 14.0. The molecule has 0 fully saturated rings. The van der Waals surface area contributed by atoms with Gasteiger partial charge in [0.25, 0.3) is 0 Å². The molecule has 56 valence electrons. The maximum absolute atomic E-state index is 5.67. The van der Waals surface area contributed by atoms with Crippen LogP contribution in [0, 0.1) is 0 Å². The first-order chi connectivity index (χ1) is 4.31. The van der Waals surface area contributed by atoms with Crippen LogP contribution in [0.5, 0.6) is 0 Å². The Morgan fingerprint density at radius 2 is 2.11 bits per heavy atom. The van der Waals surface area contributed by atoms with E-state index >= 15 is 0 Å². The van der Waals surface area contributed by atoms with Gasteiger partial charge in [0.05, 0.1) is 0 Å². The molecule has 1 nitrogen and oxygen atoms in total. The lowest BCUT2D eigenvalue weighted by Crippen LogP contribution is -2.01. The molecule has 0 saturated carbocycles. The highest BCUT2D eigenvalue weighted by Gasteiger charge is 1.98. The first kappa shape index (κ1) is 9.76. The quantitative estimate of drug-likeness (QED) is 0.357. The zero-order chi connectivity index (χ0) is 7.11. The van der Waals surface area contributed by atoms with Crippen LogP contribution in [0.3, 0.4) is 0 Å². The average molecular weight is 187 g/mol. The van der Waals surface area contributed by atoms with Gasteiger partial charge in [-0.25, -0.2) is 0 Å². The predicted octanol–water partition coefficient (Wildman–Crippen LogP) is 1.26. The van der Waals surface area contributed by atoms with Gasteiger partial charge in [-0.3, -0.25) is 0 Å². The second-order valence-corrected chi connectivity index (χ2v) is 3.17. The van der Waals surface area contributed by atoms with E-state index in [-0.39, 0.29) is 5.56 Å². The maximum atomic E-state index is 5.67. The Morgan fingerprint density at radius 1 is 1.44 bits per heavy atom. The molecule has 0 aromatic carbocycles. The van der Waals surface area contributed by atoms with Gasteiger partial charge in [-0.2, -0.15) is 0 Å². The smallest absolute Gasteiger partial charge is 0.148 e. The minimum absolute atomic E-state index is 0.0696. The van der Waals surface area contributed by atoms with Crippen LogP contribution in [0.15, 0.2) is 0 Å². The number of hydrogen-bond acceptors (Lipinski definition) is 1. The molecule has 9 heavy (non-hydrogen) atoms. The molecule has 0 aliphatic heterocycles. The lowest BCUT2D eigenvalue weighted by atomic mass is 10.3. The summed E-state index contributed by atoms with van der Waals surface area (Å²) in [5.41, 5.74) is -0.0696. The molecule has 0 heterocycles. The molecule has 1 unspecified atom stereocenters. The van der Waals surface area contributed by atoms with Crippen LogP contribution in [0.1, 0.15) is 19.3 Å². The largest absolute Gasteiger partial charge is 0.412 e. The van der Waals surface area contributed by atoms with Gasteiger partial charge in [-0.1, -0.05) is 11.6 Å². The number of hydrogen-bond donors (Lipinski definition) is 0. The molecule has 0 bridgehead atoms. The molecule has 0 spiro atoms. The summed E-state index contributed by atoms with van der Waals surface area (Å²) in [6, 6.07) is 0. The van der Waals surface area contributed by atoms with Gasteiger partial charge >= 0.3 is 0 Å². The van der Waals surface area contributed by atoms with Crippen molar-refractivity contribution in [1.82, 2.24) is 0 Å². The van der Waals surface area contributed by atoms with Crippen LogP contribution >= 0.6 is 23.2 Å². The summed E-state index contributed by atoms with van der Waals surface area (Å²) < 4.78 is 4.96. The SMILES string of the molecule is [SiH3]OC(Cl)CCCCCl. The Bertz CT molecular complexity index is 62.9. The molecule has 0 aromatic heterocycles. The number of alkyl halides is 2. The Balaban J connectivity index is 2.88. The van der Waals surface area contributed by atoms with Crippen molar-refractivity contribution in [3.63, 3.8) is 0 Å². The lowest BCUT2D eigenvalue weighted by Gasteiger charge is -2.05. The Labute approximate surface area is 69.2 Å². The molecular weight excluding hydrogens is 175 g/mol. The third-order valence-corrected chi connectivity index (χ3v) is 2.60. The minimum atomic E-state index is -0.0696. The molecule has 0 N–H and O–H groups in total. The van der Waals surface area contributed by atoms with E-state index in [1.165, 1.54) is 0 Å². The van der Waals surface area contributed by atoms with Crippen LogP contribution in [-0.4, -0.2) is 21.9 Å². The number of halogens is 2. The second kappa shape index (κ2) is 6.87. The summed E-state index contributed by atoms with van der Waals surface area (Å²) in [6.45, 7) is 0. The summed E-state index contributed by atoms with van der Waals surface area (Å²) in [6.07, 6.45) is 3.04. The van der Waals surface area contributed by atoms with E-state index in [9.17, 15) is 0 Å². The van der Waals surface area contributed by atoms with Crippen molar-refractivity contribution in [1.29, 1.82) is 0 Å². The first-order valence-corrected chi connectivity index (χ1v) is 4.83. The van der Waals surface area contributed by atoms with E-state index in [1.807, 2.05) is 0 Å². The van der Waals surface area contributed by atoms with Gasteiger partial charge in [0.2, 0.25) is 0 Å². The van der Waals surface area contributed by atoms with Crippen LogP contribution in [-0.2, 0) is 4.43 Å². The molecular formula is C5H12Cl2OSi. The van der Waals surface area contributed by atoms with Crippen molar-refractivity contribution < 1.29 is 4.43 Å². The fourth-order valence-corrected chi connectivity index (χ4v) is 1.10. The third-order valence-electron chi connectivity index (χ3n) is 1.07. The molecule has 0 radical (unpaired) electrons. The van der Waals surface area contributed by atoms with E-state index < -0.39 is 0 Å². The second-order valence-electron chi connectivity index (χ2n) is 1.83. The molecule has 1 atom stereocenters. The number of unbranched alkanes of at least 4 members (excludes halogenated alkanes) is 1. The summed E-state index contributed by atoms with van der Waals surface area (Å²) >= 11 is 11.1. The Morgan fingerprint density at radius 3 is 2.56 bits per heavy atom. The fraction of sp³-hybridized carbons (Fsp3) is 1.00. The van der Waals surface area contributed by atoms with Crippen molar-refractivity contribution in [2.75, 3.05) is 5.88 Å². The Kier molecular flexibility index (Phi) is 7.45. The zero-order valence-corrected chi connectivity index (χ0v) is 9.08.